The summed E-state index contributed by atoms with van der Waals surface area (Å²) in [7, 11) is -3.55. The van der Waals surface area contributed by atoms with Crippen LogP contribution in [0.2, 0.25) is 0 Å². The van der Waals surface area contributed by atoms with Crippen LogP contribution in [0.1, 0.15) is 6.42 Å². The highest BCUT2D eigenvalue weighted by Gasteiger charge is 2.27. The first-order valence-electron chi connectivity index (χ1n) is 6.85. The summed E-state index contributed by atoms with van der Waals surface area (Å²) in [6.07, 6.45) is 0.782. The first-order chi connectivity index (χ1) is 10.1. The third-order valence-corrected chi connectivity index (χ3v) is 5.42. The molecule has 7 nitrogen and oxygen atoms in total. The zero-order valence-electron chi connectivity index (χ0n) is 11.5. The minimum atomic E-state index is -3.55. The van der Waals surface area contributed by atoms with Gasteiger partial charge in [0.1, 0.15) is 5.75 Å². The van der Waals surface area contributed by atoms with Crippen molar-refractivity contribution in [2.75, 3.05) is 38.1 Å². The molecule has 1 aromatic rings. The molecule has 1 saturated heterocycles. The second-order valence-corrected chi connectivity index (χ2v) is 6.94. The molecule has 1 fully saturated rings. The van der Waals surface area contributed by atoms with Gasteiger partial charge in [0.15, 0.2) is 6.61 Å². The largest absolute Gasteiger partial charge is 0.482 e. The summed E-state index contributed by atoms with van der Waals surface area (Å²) in [5, 5.41) is 5.80. The first kappa shape index (κ1) is 14.3. The summed E-state index contributed by atoms with van der Waals surface area (Å²) in [6.45, 7) is 2.36. The van der Waals surface area contributed by atoms with Crippen LogP contribution in [0.5, 0.6) is 5.75 Å². The molecular weight excluding hydrogens is 294 g/mol. The molecule has 2 heterocycles. The van der Waals surface area contributed by atoms with Gasteiger partial charge >= 0.3 is 0 Å². The van der Waals surface area contributed by atoms with Crippen molar-refractivity contribution < 1.29 is 17.9 Å². The topological polar surface area (TPSA) is 87.7 Å². The molecule has 2 aliphatic rings. The maximum Gasteiger partial charge on any atom is 0.262 e. The number of hydrogen-bond donors (Lipinski definition) is 2. The molecule has 0 atom stereocenters. The molecule has 2 N–H and O–H groups in total. The van der Waals surface area contributed by atoms with Crippen LogP contribution in [0.3, 0.4) is 0 Å². The summed E-state index contributed by atoms with van der Waals surface area (Å²) < 4.78 is 32.0. The Labute approximate surface area is 123 Å². The number of sulfonamides is 1. The molecule has 1 amide bonds. The van der Waals surface area contributed by atoms with Crippen LogP contribution in [0.25, 0.3) is 0 Å². The number of rotatable bonds is 2. The Morgan fingerprint density at radius 1 is 1.19 bits per heavy atom. The maximum absolute atomic E-state index is 12.7. The van der Waals surface area contributed by atoms with Crippen LogP contribution < -0.4 is 15.4 Å². The van der Waals surface area contributed by atoms with Gasteiger partial charge in [0.25, 0.3) is 5.91 Å². The highest BCUT2D eigenvalue weighted by molar-refractivity contribution is 7.89. The molecule has 114 valence electrons. The average Bonchev–Trinajstić information content (AvgIpc) is 2.76. The van der Waals surface area contributed by atoms with Crippen molar-refractivity contribution in [1.29, 1.82) is 0 Å². The van der Waals surface area contributed by atoms with E-state index in [1.165, 1.54) is 16.4 Å². The fraction of sp³-hybridized carbons (Fsp3) is 0.462. The smallest absolute Gasteiger partial charge is 0.262 e. The zero-order chi connectivity index (χ0) is 14.9. The molecule has 21 heavy (non-hydrogen) atoms. The molecule has 3 rings (SSSR count). The van der Waals surface area contributed by atoms with Gasteiger partial charge in [0, 0.05) is 19.6 Å². The minimum absolute atomic E-state index is 0.0448. The van der Waals surface area contributed by atoms with E-state index in [1.807, 2.05) is 0 Å². The van der Waals surface area contributed by atoms with E-state index in [1.54, 1.807) is 6.07 Å². The van der Waals surface area contributed by atoms with Crippen LogP contribution >= 0.6 is 0 Å². The molecule has 0 spiro atoms. The number of amides is 1. The summed E-state index contributed by atoms with van der Waals surface area (Å²) in [6, 6.07) is 4.56. The van der Waals surface area contributed by atoms with Gasteiger partial charge in [0.05, 0.1) is 10.6 Å². The Kier molecular flexibility index (Phi) is 3.83. The Bertz CT molecular complexity index is 651. The van der Waals surface area contributed by atoms with Crippen LogP contribution in [-0.2, 0) is 14.8 Å². The number of carbonyl (C=O) groups is 1. The highest BCUT2D eigenvalue weighted by atomic mass is 32.2. The fourth-order valence-electron chi connectivity index (χ4n) is 2.43. The van der Waals surface area contributed by atoms with E-state index in [-0.39, 0.29) is 17.4 Å². The number of nitrogens with one attached hydrogen (secondary N) is 2. The number of anilines is 1. The third kappa shape index (κ3) is 2.87. The van der Waals surface area contributed by atoms with Gasteiger partial charge < -0.3 is 15.4 Å². The predicted molar refractivity (Wildman–Crippen MR) is 76.8 cm³/mol. The molecule has 0 radical (unpaired) electrons. The van der Waals surface area contributed by atoms with Gasteiger partial charge in [-0.3, -0.25) is 4.79 Å². The molecule has 0 unspecified atom stereocenters. The Balaban J connectivity index is 1.91. The standard InChI is InChI=1S/C13H17N3O4S/c17-13-9-20-12-3-2-10(8-11(12)15-13)21(18,19)16-6-1-4-14-5-7-16/h2-3,8,14H,1,4-7,9H2,(H,15,17). The zero-order valence-corrected chi connectivity index (χ0v) is 12.3. The Morgan fingerprint density at radius 2 is 2.05 bits per heavy atom. The number of carbonyl (C=O) groups excluding carboxylic acids is 1. The molecule has 1 aromatic carbocycles. The van der Waals surface area contributed by atoms with Crippen molar-refractivity contribution >= 4 is 21.6 Å². The predicted octanol–water partition coefficient (Wildman–Crippen LogP) is 0.00150. The molecule has 8 heteroatoms. The van der Waals surface area contributed by atoms with E-state index >= 15 is 0 Å². The average molecular weight is 311 g/mol. The van der Waals surface area contributed by atoms with Crippen molar-refractivity contribution in [3.05, 3.63) is 18.2 Å². The van der Waals surface area contributed by atoms with E-state index in [9.17, 15) is 13.2 Å². The summed E-state index contributed by atoms with van der Waals surface area (Å²) in [4.78, 5) is 11.5. The summed E-state index contributed by atoms with van der Waals surface area (Å²) >= 11 is 0. The summed E-state index contributed by atoms with van der Waals surface area (Å²) in [5.41, 5.74) is 0.403. The lowest BCUT2D eigenvalue weighted by Crippen LogP contribution is -2.34. The number of nitrogens with zero attached hydrogens (tertiary/aromatic N) is 1. The van der Waals surface area contributed by atoms with Gasteiger partial charge in [-0.25, -0.2) is 8.42 Å². The van der Waals surface area contributed by atoms with Crippen molar-refractivity contribution in [3.8, 4) is 5.75 Å². The number of ether oxygens (including phenoxy) is 1. The number of fused-ring (bicyclic) bond motifs is 1. The van der Waals surface area contributed by atoms with Crippen molar-refractivity contribution in [1.82, 2.24) is 9.62 Å². The summed E-state index contributed by atoms with van der Waals surface area (Å²) in [5.74, 6) is 0.210. The molecule has 0 aliphatic carbocycles. The van der Waals surface area contributed by atoms with E-state index < -0.39 is 10.0 Å². The monoisotopic (exact) mass is 311 g/mol. The lowest BCUT2D eigenvalue weighted by molar-refractivity contribution is -0.118. The second kappa shape index (κ2) is 5.63. The molecule has 0 bridgehead atoms. The minimum Gasteiger partial charge on any atom is -0.482 e. The van der Waals surface area contributed by atoms with Gasteiger partial charge in [-0.1, -0.05) is 0 Å². The van der Waals surface area contributed by atoms with Crippen LogP contribution in [0.4, 0.5) is 5.69 Å². The third-order valence-electron chi connectivity index (χ3n) is 3.52. The van der Waals surface area contributed by atoms with Crippen LogP contribution in [-0.4, -0.2) is 51.4 Å². The molecular formula is C13H17N3O4S. The molecule has 2 aliphatic heterocycles. The van der Waals surface area contributed by atoms with Crippen molar-refractivity contribution in [2.45, 2.75) is 11.3 Å². The fourth-order valence-corrected chi connectivity index (χ4v) is 3.94. The van der Waals surface area contributed by atoms with Crippen molar-refractivity contribution in [2.24, 2.45) is 0 Å². The van der Waals surface area contributed by atoms with Gasteiger partial charge in [0.2, 0.25) is 10.0 Å². The Hall–Kier alpha value is -1.64. The van der Waals surface area contributed by atoms with Crippen LogP contribution in [0.15, 0.2) is 23.1 Å². The Morgan fingerprint density at radius 3 is 2.90 bits per heavy atom. The number of hydrogen-bond acceptors (Lipinski definition) is 5. The quantitative estimate of drug-likeness (QED) is 0.803. The lowest BCUT2D eigenvalue weighted by Gasteiger charge is -2.22. The molecule has 0 saturated carbocycles. The first-order valence-corrected chi connectivity index (χ1v) is 8.29. The van der Waals surface area contributed by atoms with E-state index in [4.69, 9.17) is 4.74 Å². The number of benzene rings is 1. The van der Waals surface area contributed by atoms with Gasteiger partial charge in [-0.05, 0) is 31.2 Å². The normalized spacial score (nSPS) is 20.1. The lowest BCUT2D eigenvalue weighted by atomic mass is 10.2. The van der Waals surface area contributed by atoms with Crippen molar-refractivity contribution in [3.63, 3.8) is 0 Å². The van der Waals surface area contributed by atoms with E-state index in [0.29, 0.717) is 31.1 Å². The van der Waals surface area contributed by atoms with E-state index in [0.717, 1.165) is 13.0 Å². The SMILES string of the molecule is O=C1COc2ccc(S(=O)(=O)N3CCCNCC3)cc2N1. The second-order valence-electron chi connectivity index (χ2n) is 5.00. The highest BCUT2D eigenvalue weighted by Crippen LogP contribution is 2.31. The van der Waals surface area contributed by atoms with E-state index in [2.05, 4.69) is 10.6 Å². The van der Waals surface area contributed by atoms with Crippen LogP contribution in [0, 0.1) is 0 Å². The van der Waals surface area contributed by atoms with Gasteiger partial charge in [-0.2, -0.15) is 4.31 Å². The van der Waals surface area contributed by atoms with Gasteiger partial charge in [-0.15, -0.1) is 0 Å². The maximum atomic E-state index is 12.7. The molecule has 0 aromatic heterocycles.